The molecule has 2 nitrogen and oxygen atoms in total. The summed E-state index contributed by atoms with van der Waals surface area (Å²) in [7, 11) is 0. The zero-order chi connectivity index (χ0) is 2.71. The van der Waals surface area contributed by atoms with Gasteiger partial charge in [0.05, 0.1) is 0 Å². The van der Waals surface area contributed by atoms with Gasteiger partial charge in [-0.15, -0.1) is 5.16 Å². The average molecular weight is 71.4 g/mol. The zero-order valence-electron chi connectivity index (χ0n) is 4.31. The van der Waals surface area contributed by atoms with E-state index in [9.17, 15) is 0 Å². The molecule has 0 aromatic carbocycles. The van der Waals surface area contributed by atoms with Gasteiger partial charge >= 0.3 is 23.1 Å². The Morgan fingerprint density at radius 2 is 2.00 bits per heavy atom. The number of oxime groups is 1. The molecule has 22 valence electrons. The fourth-order valence-corrected chi connectivity index (χ4v) is 0. The van der Waals surface area contributed by atoms with Gasteiger partial charge in [0.2, 0.25) is 0 Å². The van der Waals surface area contributed by atoms with E-state index in [0.717, 1.165) is 0 Å². The predicted octanol–water partition coefficient (Wildman–Crippen LogP) is -0.0796. The van der Waals surface area contributed by atoms with E-state index in [1.165, 1.54) is 0 Å². The van der Waals surface area contributed by atoms with E-state index < -0.39 is 0 Å². The van der Waals surface area contributed by atoms with Crippen LogP contribution in [0, 0.1) is 0 Å². The average Bonchev–Trinajstić information content (AvgIpc) is 0.918. The van der Waals surface area contributed by atoms with E-state index in [0.29, 0.717) is 0 Å². The van der Waals surface area contributed by atoms with Gasteiger partial charge in [-0.3, -0.25) is 0 Å². The molecule has 0 heterocycles. The van der Waals surface area contributed by atoms with Crippen LogP contribution in [0.3, 0.4) is 0 Å². The Balaban J connectivity index is -0.00000000667. The van der Waals surface area contributed by atoms with Gasteiger partial charge in [0.25, 0.3) is 0 Å². The molecule has 1 N–H and O–H groups in total. The van der Waals surface area contributed by atoms with E-state index in [1.807, 2.05) is 0 Å². The van der Waals surface area contributed by atoms with Crippen LogP contribution in [0.15, 0.2) is 5.16 Å². The Hall–Kier alpha value is 0.236. The van der Waals surface area contributed by atoms with Crippen LogP contribution >= 0.6 is 0 Å². The van der Waals surface area contributed by atoms with Crippen molar-refractivity contribution >= 4 is 29.8 Å². The molecule has 0 aliphatic carbocycles. The van der Waals surface area contributed by atoms with Crippen LogP contribution < -0.4 is 0 Å². The molecule has 0 fully saturated rings. The molecule has 0 rings (SSSR count). The first kappa shape index (κ1) is 8.87. The fraction of sp³-hybridized carbons (Fsp3) is 0. The Morgan fingerprint density at radius 3 is 2.00 bits per heavy atom. The SMILES string of the molecule is C=NO.[H-].[H-].[Mg+2]. The van der Waals surface area contributed by atoms with Crippen LogP contribution in [0.4, 0.5) is 0 Å². The molecule has 0 aliphatic rings. The molecular weight excluding hydrogens is 66.3 g/mol. The normalized spacial score (nSPS) is 3.00. The largest absolute Gasteiger partial charge is 2.00 e. The van der Waals surface area contributed by atoms with Crippen molar-refractivity contribution in [3.63, 3.8) is 0 Å². The molecule has 4 heavy (non-hydrogen) atoms. The summed E-state index contributed by atoms with van der Waals surface area (Å²) >= 11 is 0. The molecular formula is CH5MgNO. The van der Waals surface area contributed by atoms with Crippen LogP contribution in [0.25, 0.3) is 0 Å². The van der Waals surface area contributed by atoms with Gasteiger partial charge < -0.3 is 8.06 Å². The summed E-state index contributed by atoms with van der Waals surface area (Å²) in [6, 6.07) is 0. The first-order valence-corrected chi connectivity index (χ1v) is 0.516. The summed E-state index contributed by atoms with van der Waals surface area (Å²) in [5, 5.41) is 9.33. The topological polar surface area (TPSA) is 32.6 Å². The Bertz CT molecular complexity index is 21.0. The third kappa shape index (κ3) is 61.2. The standard InChI is InChI=1S/CH3NO.Mg.2H/c1-2-3;;;/h3H,1H2;;;/q;+2;2*-1. The number of nitrogens with zero attached hydrogens (tertiary/aromatic N) is 1. The molecule has 0 atom stereocenters. The van der Waals surface area contributed by atoms with Crippen molar-refractivity contribution in [3.05, 3.63) is 0 Å². The van der Waals surface area contributed by atoms with E-state index in [1.54, 1.807) is 0 Å². The summed E-state index contributed by atoms with van der Waals surface area (Å²) in [5.41, 5.74) is 0. The van der Waals surface area contributed by atoms with E-state index >= 15 is 0 Å². The maximum Gasteiger partial charge on any atom is 2.00 e. The molecule has 0 aromatic heterocycles. The summed E-state index contributed by atoms with van der Waals surface area (Å²) < 4.78 is 0. The molecule has 0 radical (unpaired) electrons. The second kappa shape index (κ2) is 10.6. The molecule has 0 saturated carbocycles. The molecule has 0 bridgehead atoms. The molecule has 0 aliphatic heterocycles. The number of hydrogen-bond acceptors (Lipinski definition) is 2. The predicted molar refractivity (Wildman–Crippen MR) is 19.3 cm³/mol. The first-order valence-electron chi connectivity index (χ1n) is 0.516. The van der Waals surface area contributed by atoms with Crippen molar-refractivity contribution in [2.75, 3.05) is 0 Å². The summed E-state index contributed by atoms with van der Waals surface area (Å²) in [5.74, 6) is 0. The fourth-order valence-electron chi connectivity index (χ4n) is 0. The second-order valence-electron chi connectivity index (χ2n) is 0.141. The van der Waals surface area contributed by atoms with Crippen molar-refractivity contribution in [2.24, 2.45) is 5.16 Å². The minimum absolute atomic E-state index is 0. The zero-order valence-corrected chi connectivity index (χ0v) is 3.72. The molecule has 0 amide bonds. The monoisotopic (exact) mass is 71.0 g/mol. The third-order valence-corrected chi connectivity index (χ3v) is 0. The molecule has 0 unspecified atom stereocenters. The number of hydrogen-bond donors (Lipinski definition) is 1. The van der Waals surface area contributed by atoms with Gasteiger partial charge in [0.15, 0.2) is 0 Å². The molecule has 0 aromatic rings. The quantitative estimate of drug-likeness (QED) is 0.184. The van der Waals surface area contributed by atoms with E-state index in [-0.39, 0.29) is 25.9 Å². The summed E-state index contributed by atoms with van der Waals surface area (Å²) in [6.45, 7) is 2.67. The number of rotatable bonds is 0. The van der Waals surface area contributed by atoms with Gasteiger partial charge in [0.1, 0.15) is 0 Å². The van der Waals surface area contributed by atoms with Crippen molar-refractivity contribution in [3.8, 4) is 0 Å². The van der Waals surface area contributed by atoms with Gasteiger partial charge in [-0.1, -0.05) is 0 Å². The molecule has 0 spiro atoms. The van der Waals surface area contributed by atoms with Crippen molar-refractivity contribution in [2.45, 2.75) is 0 Å². The Labute approximate surface area is 43.6 Å². The van der Waals surface area contributed by atoms with Crippen LogP contribution in [-0.2, 0) is 0 Å². The van der Waals surface area contributed by atoms with Crippen LogP contribution in [-0.4, -0.2) is 35.0 Å². The van der Waals surface area contributed by atoms with Crippen LogP contribution in [0.5, 0.6) is 0 Å². The van der Waals surface area contributed by atoms with Crippen LogP contribution in [0.1, 0.15) is 2.85 Å². The van der Waals surface area contributed by atoms with Crippen molar-refractivity contribution < 1.29 is 8.06 Å². The van der Waals surface area contributed by atoms with Crippen molar-refractivity contribution in [1.82, 2.24) is 0 Å². The second-order valence-corrected chi connectivity index (χ2v) is 0.141. The van der Waals surface area contributed by atoms with Gasteiger partial charge in [0, 0.05) is 6.72 Å². The minimum atomic E-state index is 0. The Morgan fingerprint density at radius 1 is 2.00 bits per heavy atom. The summed E-state index contributed by atoms with van der Waals surface area (Å²) in [6.07, 6.45) is 0. The van der Waals surface area contributed by atoms with E-state index in [2.05, 4.69) is 11.9 Å². The maximum atomic E-state index is 7.08. The molecule has 0 saturated heterocycles. The van der Waals surface area contributed by atoms with Gasteiger partial charge in [-0.25, -0.2) is 0 Å². The Kier molecular flexibility index (Phi) is 23.5. The smallest absolute Gasteiger partial charge is 1.00 e. The summed E-state index contributed by atoms with van der Waals surface area (Å²) in [4.78, 5) is 0. The molecule has 3 heteroatoms. The first-order chi connectivity index (χ1) is 1.41. The van der Waals surface area contributed by atoms with Gasteiger partial charge in [-0.2, -0.15) is 0 Å². The minimum Gasteiger partial charge on any atom is -1.00 e. The van der Waals surface area contributed by atoms with Crippen LogP contribution in [0.2, 0.25) is 0 Å². The van der Waals surface area contributed by atoms with E-state index in [4.69, 9.17) is 5.21 Å². The van der Waals surface area contributed by atoms with Crippen molar-refractivity contribution in [1.29, 1.82) is 0 Å². The van der Waals surface area contributed by atoms with Gasteiger partial charge in [-0.05, 0) is 0 Å². The maximum absolute atomic E-state index is 7.08. The third-order valence-electron chi connectivity index (χ3n) is 0.